The predicted octanol–water partition coefficient (Wildman–Crippen LogP) is 4.58. The van der Waals surface area contributed by atoms with Crippen molar-refractivity contribution in [1.82, 2.24) is 9.88 Å². The first-order valence-electron chi connectivity index (χ1n) is 9.76. The van der Waals surface area contributed by atoms with Crippen molar-refractivity contribution in [3.05, 3.63) is 70.9 Å². The van der Waals surface area contributed by atoms with Gasteiger partial charge in [-0.3, -0.25) is 9.59 Å². The maximum Gasteiger partial charge on any atom is 0.251 e. The van der Waals surface area contributed by atoms with Crippen molar-refractivity contribution in [3.8, 4) is 0 Å². The van der Waals surface area contributed by atoms with E-state index in [0.717, 1.165) is 16.7 Å². The summed E-state index contributed by atoms with van der Waals surface area (Å²) >= 11 is 1.47. The molecule has 2 aromatic rings. The van der Waals surface area contributed by atoms with E-state index in [1.807, 2.05) is 24.8 Å². The third-order valence-electron chi connectivity index (χ3n) is 5.13. The van der Waals surface area contributed by atoms with Crippen molar-refractivity contribution < 1.29 is 9.59 Å². The van der Waals surface area contributed by atoms with Crippen LogP contribution in [0.3, 0.4) is 0 Å². The Balaban J connectivity index is 1.66. The van der Waals surface area contributed by atoms with Crippen molar-refractivity contribution in [2.75, 3.05) is 11.1 Å². The molecule has 1 aliphatic heterocycles. The quantitative estimate of drug-likeness (QED) is 0.727. The molecule has 0 radical (unpaired) electrons. The van der Waals surface area contributed by atoms with Crippen molar-refractivity contribution in [1.29, 1.82) is 0 Å². The van der Waals surface area contributed by atoms with Crippen LogP contribution in [0.2, 0.25) is 0 Å². The fourth-order valence-electron chi connectivity index (χ4n) is 3.25. The molecule has 29 heavy (non-hydrogen) atoms. The molecule has 0 aliphatic carbocycles. The molecule has 0 saturated carbocycles. The molecule has 0 bridgehead atoms. The number of benzene rings is 1. The molecule has 0 saturated heterocycles. The topological polar surface area (TPSA) is 62.3 Å². The third-order valence-corrected chi connectivity index (χ3v) is 6.48. The van der Waals surface area contributed by atoms with Gasteiger partial charge in [-0.2, -0.15) is 0 Å². The fourth-order valence-corrected chi connectivity index (χ4v) is 4.41. The van der Waals surface area contributed by atoms with E-state index in [4.69, 9.17) is 0 Å². The number of pyridine rings is 1. The zero-order chi connectivity index (χ0) is 21.0. The number of nitrogens with one attached hydrogen (secondary N) is 1. The van der Waals surface area contributed by atoms with Gasteiger partial charge in [0.2, 0.25) is 5.91 Å². The van der Waals surface area contributed by atoms with E-state index in [-0.39, 0.29) is 22.9 Å². The van der Waals surface area contributed by atoms with Gasteiger partial charge in [0, 0.05) is 18.3 Å². The Labute approximate surface area is 176 Å². The number of anilines is 1. The Morgan fingerprint density at radius 1 is 1.17 bits per heavy atom. The Hall–Kier alpha value is -2.60. The van der Waals surface area contributed by atoms with E-state index in [9.17, 15) is 9.59 Å². The standard InChI is InChI=1S/C23H27N3O2S/c1-15(2)19-10-8-18(9-11-19)13-26-22(28)16(3)17(4)23(26)29-14-21(27)25-20-7-5-6-12-24-20/h5-12,15,23H,13-14H2,1-4H3,(H,24,25,27). The van der Waals surface area contributed by atoms with Crippen molar-refractivity contribution in [3.63, 3.8) is 0 Å². The van der Waals surface area contributed by atoms with E-state index in [2.05, 4.69) is 48.4 Å². The van der Waals surface area contributed by atoms with Gasteiger partial charge in [0.25, 0.3) is 5.91 Å². The zero-order valence-electron chi connectivity index (χ0n) is 17.3. The second kappa shape index (κ2) is 9.27. The Morgan fingerprint density at radius 2 is 1.90 bits per heavy atom. The number of thioether (sulfide) groups is 1. The third kappa shape index (κ3) is 5.07. The summed E-state index contributed by atoms with van der Waals surface area (Å²) in [6, 6.07) is 13.8. The van der Waals surface area contributed by atoms with Gasteiger partial charge in [0.15, 0.2) is 0 Å². The first-order valence-corrected chi connectivity index (χ1v) is 10.8. The van der Waals surface area contributed by atoms with Crippen LogP contribution in [0.1, 0.15) is 44.7 Å². The summed E-state index contributed by atoms with van der Waals surface area (Å²) in [5.41, 5.74) is 4.16. The van der Waals surface area contributed by atoms with Crippen LogP contribution in [0.15, 0.2) is 59.8 Å². The monoisotopic (exact) mass is 409 g/mol. The number of aromatic nitrogens is 1. The number of nitrogens with zero attached hydrogens (tertiary/aromatic N) is 2. The summed E-state index contributed by atoms with van der Waals surface area (Å²) in [7, 11) is 0. The molecule has 1 aromatic carbocycles. The van der Waals surface area contributed by atoms with Gasteiger partial charge in [0.05, 0.1) is 5.75 Å². The van der Waals surface area contributed by atoms with Gasteiger partial charge in [-0.15, -0.1) is 11.8 Å². The lowest BCUT2D eigenvalue weighted by Crippen LogP contribution is -2.34. The predicted molar refractivity (Wildman–Crippen MR) is 119 cm³/mol. The average Bonchev–Trinajstić information content (AvgIpc) is 2.91. The van der Waals surface area contributed by atoms with Gasteiger partial charge >= 0.3 is 0 Å². The number of hydrogen-bond donors (Lipinski definition) is 1. The number of carbonyl (C=O) groups is 2. The molecule has 1 aromatic heterocycles. The van der Waals surface area contributed by atoms with Crippen LogP contribution in [0.25, 0.3) is 0 Å². The summed E-state index contributed by atoms with van der Waals surface area (Å²) < 4.78 is 0. The first-order chi connectivity index (χ1) is 13.9. The second-order valence-corrected chi connectivity index (χ2v) is 8.63. The second-order valence-electron chi connectivity index (χ2n) is 7.56. The molecule has 1 unspecified atom stereocenters. The van der Waals surface area contributed by atoms with E-state index in [1.54, 1.807) is 18.3 Å². The lowest BCUT2D eigenvalue weighted by atomic mass is 10.0. The SMILES string of the molecule is CC1=C(C)C(SCC(=O)Nc2ccccn2)N(Cc2ccc(C(C)C)cc2)C1=O. The molecule has 1 atom stereocenters. The molecule has 1 aliphatic rings. The summed E-state index contributed by atoms with van der Waals surface area (Å²) in [5, 5.41) is 2.66. The molecule has 2 amide bonds. The Kier molecular flexibility index (Phi) is 6.75. The number of hydrogen-bond acceptors (Lipinski definition) is 4. The van der Waals surface area contributed by atoms with Crippen LogP contribution in [0.5, 0.6) is 0 Å². The van der Waals surface area contributed by atoms with Gasteiger partial charge < -0.3 is 10.2 Å². The average molecular weight is 410 g/mol. The molecule has 5 nitrogen and oxygen atoms in total. The Bertz CT molecular complexity index is 907. The highest BCUT2D eigenvalue weighted by Crippen LogP contribution is 2.34. The smallest absolute Gasteiger partial charge is 0.251 e. The highest BCUT2D eigenvalue weighted by atomic mass is 32.2. The van der Waals surface area contributed by atoms with Crippen molar-refractivity contribution in [2.24, 2.45) is 0 Å². The molecular formula is C23H27N3O2S. The minimum absolute atomic E-state index is 0.0399. The van der Waals surface area contributed by atoms with Crippen LogP contribution in [0, 0.1) is 0 Å². The maximum absolute atomic E-state index is 12.8. The van der Waals surface area contributed by atoms with Crippen LogP contribution in [0.4, 0.5) is 5.82 Å². The van der Waals surface area contributed by atoms with Crippen LogP contribution >= 0.6 is 11.8 Å². The number of carbonyl (C=O) groups excluding carboxylic acids is 2. The van der Waals surface area contributed by atoms with E-state index >= 15 is 0 Å². The van der Waals surface area contributed by atoms with E-state index in [0.29, 0.717) is 18.3 Å². The highest BCUT2D eigenvalue weighted by molar-refractivity contribution is 8.00. The summed E-state index contributed by atoms with van der Waals surface area (Å²) in [4.78, 5) is 31.1. The van der Waals surface area contributed by atoms with E-state index < -0.39 is 0 Å². The first kappa shape index (κ1) is 21.1. The lowest BCUT2D eigenvalue weighted by molar-refractivity contribution is -0.126. The maximum atomic E-state index is 12.8. The van der Waals surface area contributed by atoms with Crippen LogP contribution in [-0.4, -0.2) is 32.8 Å². The molecule has 6 heteroatoms. The zero-order valence-corrected chi connectivity index (χ0v) is 18.1. The Morgan fingerprint density at radius 3 is 2.52 bits per heavy atom. The van der Waals surface area contributed by atoms with Crippen LogP contribution in [-0.2, 0) is 16.1 Å². The van der Waals surface area contributed by atoms with Crippen LogP contribution < -0.4 is 5.32 Å². The number of rotatable bonds is 7. The van der Waals surface area contributed by atoms with Gasteiger partial charge in [-0.05, 0) is 48.6 Å². The molecule has 3 rings (SSSR count). The summed E-state index contributed by atoms with van der Waals surface area (Å²) in [6.07, 6.45) is 1.64. The molecule has 152 valence electrons. The summed E-state index contributed by atoms with van der Waals surface area (Å²) in [5.74, 6) is 1.18. The lowest BCUT2D eigenvalue weighted by Gasteiger charge is -2.26. The van der Waals surface area contributed by atoms with E-state index in [1.165, 1.54) is 17.3 Å². The van der Waals surface area contributed by atoms with Crippen molar-refractivity contribution >= 4 is 29.4 Å². The molecule has 0 fully saturated rings. The van der Waals surface area contributed by atoms with Gasteiger partial charge in [-0.25, -0.2) is 4.98 Å². The normalized spacial score (nSPS) is 16.7. The largest absolute Gasteiger partial charge is 0.319 e. The summed E-state index contributed by atoms with van der Waals surface area (Å²) in [6.45, 7) is 8.70. The number of amides is 2. The molecule has 1 N–H and O–H groups in total. The highest BCUT2D eigenvalue weighted by Gasteiger charge is 2.35. The fraction of sp³-hybridized carbons (Fsp3) is 0.348. The van der Waals surface area contributed by atoms with Gasteiger partial charge in [0.1, 0.15) is 11.2 Å². The molecule has 2 heterocycles. The van der Waals surface area contributed by atoms with Crippen molar-refractivity contribution in [2.45, 2.75) is 45.5 Å². The molecule has 0 spiro atoms. The minimum Gasteiger partial charge on any atom is -0.319 e. The minimum atomic E-state index is -0.137. The van der Waals surface area contributed by atoms with Gasteiger partial charge in [-0.1, -0.05) is 44.2 Å². The molecular weight excluding hydrogens is 382 g/mol.